The summed E-state index contributed by atoms with van der Waals surface area (Å²) in [6.45, 7) is 11.0. The number of carbonyl (C=O) groups is 1. The second-order valence-electron chi connectivity index (χ2n) is 5.11. The SMILES string of the molecule is C=CC[C@@H]1CCN(C(=O)OC(C)(C)C)C1. The van der Waals surface area contributed by atoms with Crippen LogP contribution in [0.5, 0.6) is 0 Å². The maximum Gasteiger partial charge on any atom is 0.410 e. The molecule has 1 aliphatic heterocycles. The van der Waals surface area contributed by atoms with Crippen LogP contribution >= 0.6 is 0 Å². The number of allylic oxidation sites excluding steroid dienone is 1. The number of ether oxygens (including phenoxy) is 1. The smallest absolute Gasteiger partial charge is 0.410 e. The van der Waals surface area contributed by atoms with E-state index >= 15 is 0 Å². The lowest BCUT2D eigenvalue weighted by Gasteiger charge is -2.24. The van der Waals surface area contributed by atoms with Gasteiger partial charge in [-0.15, -0.1) is 6.58 Å². The highest BCUT2D eigenvalue weighted by molar-refractivity contribution is 5.68. The summed E-state index contributed by atoms with van der Waals surface area (Å²) in [7, 11) is 0. The van der Waals surface area contributed by atoms with Gasteiger partial charge in [0.1, 0.15) is 5.60 Å². The zero-order valence-electron chi connectivity index (χ0n) is 9.95. The van der Waals surface area contributed by atoms with E-state index in [1.807, 2.05) is 26.8 Å². The maximum atomic E-state index is 11.7. The number of carbonyl (C=O) groups excluding carboxylic acids is 1. The van der Waals surface area contributed by atoms with Crippen LogP contribution in [0.3, 0.4) is 0 Å². The van der Waals surface area contributed by atoms with E-state index in [1.54, 1.807) is 4.90 Å². The van der Waals surface area contributed by atoms with Crippen LogP contribution in [0.15, 0.2) is 12.7 Å². The molecule has 15 heavy (non-hydrogen) atoms. The summed E-state index contributed by atoms with van der Waals surface area (Å²) in [5.74, 6) is 0.565. The zero-order valence-corrected chi connectivity index (χ0v) is 9.95. The summed E-state index contributed by atoms with van der Waals surface area (Å²) in [6.07, 6.45) is 3.78. The van der Waals surface area contributed by atoms with Crippen LogP contribution in [0.2, 0.25) is 0 Å². The highest BCUT2D eigenvalue weighted by Crippen LogP contribution is 2.21. The van der Waals surface area contributed by atoms with Crippen molar-refractivity contribution in [3.05, 3.63) is 12.7 Å². The number of amides is 1. The molecular formula is C12H21NO2. The van der Waals surface area contributed by atoms with Crippen LogP contribution in [0.25, 0.3) is 0 Å². The molecule has 1 fully saturated rings. The molecule has 0 aliphatic carbocycles. The van der Waals surface area contributed by atoms with Crippen LogP contribution in [-0.2, 0) is 4.74 Å². The molecule has 1 atom stereocenters. The van der Waals surface area contributed by atoms with Gasteiger partial charge >= 0.3 is 6.09 Å². The molecule has 0 unspecified atom stereocenters. The third kappa shape index (κ3) is 3.94. The molecule has 86 valence electrons. The van der Waals surface area contributed by atoms with Crippen molar-refractivity contribution >= 4 is 6.09 Å². The maximum absolute atomic E-state index is 11.7. The van der Waals surface area contributed by atoms with Gasteiger partial charge < -0.3 is 9.64 Å². The third-order valence-electron chi connectivity index (χ3n) is 2.44. The Morgan fingerprint density at radius 1 is 1.60 bits per heavy atom. The Labute approximate surface area is 92.1 Å². The Balaban J connectivity index is 2.40. The van der Waals surface area contributed by atoms with E-state index in [-0.39, 0.29) is 6.09 Å². The van der Waals surface area contributed by atoms with E-state index in [0.717, 1.165) is 25.9 Å². The Kier molecular flexibility index (Phi) is 3.77. The third-order valence-corrected chi connectivity index (χ3v) is 2.44. The summed E-state index contributed by atoms with van der Waals surface area (Å²) in [5, 5.41) is 0. The molecule has 1 saturated heterocycles. The van der Waals surface area contributed by atoms with Crippen molar-refractivity contribution in [1.29, 1.82) is 0 Å². The van der Waals surface area contributed by atoms with Crippen molar-refractivity contribution < 1.29 is 9.53 Å². The average Bonchev–Trinajstić information content (AvgIpc) is 2.50. The minimum absolute atomic E-state index is 0.186. The molecule has 0 aromatic heterocycles. The fraction of sp³-hybridized carbons (Fsp3) is 0.750. The monoisotopic (exact) mass is 211 g/mol. The summed E-state index contributed by atoms with van der Waals surface area (Å²) in [6, 6.07) is 0. The fourth-order valence-electron chi connectivity index (χ4n) is 1.75. The molecule has 3 heteroatoms. The van der Waals surface area contributed by atoms with Crippen molar-refractivity contribution in [1.82, 2.24) is 4.90 Å². The normalized spacial score (nSPS) is 21.5. The molecule has 1 aliphatic rings. The Bertz CT molecular complexity index is 242. The molecule has 0 aromatic carbocycles. The number of likely N-dealkylation sites (tertiary alicyclic amines) is 1. The predicted octanol–water partition coefficient (Wildman–Crippen LogP) is 2.82. The topological polar surface area (TPSA) is 29.5 Å². The van der Waals surface area contributed by atoms with Gasteiger partial charge in [-0.3, -0.25) is 0 Å². The molecular weight excluding hydrogens is 190 g/mol. The highest BCUT2D eigenvalue weighted by atomic mass is 16.6. The van der Waals surface area contributed by atoms with Crippen molar-refractivity contribution in [3.8, 4) is 0 Å². The Hall–Kier alpha value is -0.990. The molecule has 0 radical (unpaired) electrons. The van der Waals surface area contributed by atoms with Gasteiger partial charge in [-0.1, -0.05) is 6.08 Å². The molecule has 3 nitrogen and oxygen atoms in total. The van der Waals surface area contributed by atoms with Crippen molar-refractivity contribution in [3.63, 3.8) is 0 Å². The van der Waals surface area contributed by atoms with Crippen LogP contribution in [-0.4, -0.2) is 29.7 Å². The van der Waals surface area contributed by atoms with Crippen LogP contribution in [0.1, 0.15) is 33.6 Å². The lowest BCUT2D eigenvalue weighted by molar-refractivity contribution is 0.0288. The summed E-state index contributed by atoms with van der Waals surface area (Å²) < 4.78 is 5.31. The Morgan fingerprint density at radius 3 is 2.80 bits per heavy atom. The van der Waals surface area contributed by atoms with Gasteiger partial charge in [-0.25, -0.2) is 4.79 Å². The van der Waals surface area contributed by atoms with E-state index in [0.29, 0.717) is 5.92 Å². The molecule has 0 aromatic rings. The molecule has 0 saturated carbocycles. The lowest BCUT2D eigenvalue weighted by atomic mass is 10.1. The van der Waals surface area contributed by atoms with Gasteiger partial charge in [0, 0.05) is 13.1 Å². The minimum Gasteiger partial charge on any atom is -0.444 e. The predicted molar refractivity (Wildman–Crippen MR) is 60.7 cm³/mol. The van der Waals surface area contributed by atoms with E-state index in [4.69, 9.17) is 4.74 Å². The van der Waals surface area contributed by atoms with E-state index in [9.17, 15) is 4.79 Å². The van der Waals surface area contributed by atoms with E-state index in [1.165, 1.54) is 0 Å². The van der Waals surface area contributed by atoms with Gasteiger partial charge in [-0.2, -0.15) is 0 Å². The molecule has 1 amide bonds. The zero-order chi connectivity index (χ0) is 11.5. The second kappa shape index (κ2) is 4.69. The number of hydrogen-bond donors (Lipinski definition) is 0. The molecule has 0 spiro atoms. The van der Waals surface area contributed by atoms with Crippen molar-refractivity contribution in [2.24, 2.45) is 5.92 Å². The summed E-state index contributed by atoms with van der Waals surface area (Å²) >= 11 is 0. The van der Waals surface area contributed by atoms with Crippen LogP contribution in [0.4, 0.5) is 4.79 Å². The largest absolute Gasteiger partial charge is 0.444 e. The van der Waals surface area contributed by atoms with Gasteiger partial charge in [0.25, 0.3) is 0 Å². The summed E-state index contributed by atoms with van der Waals surface area (Å²) in [4.78, 5) is 13.5. The van der Waals surface area contributed by atoms with Crippen molar-refractivity contribution in [2.75, 3.05) is 13.1 Å². The first-order valence-electron chi connectivity index (χ1n) is 5.51. The number of nitrogens with zero attached hydrogens (tertiary/aromatic N) is 1. The van der Waals surface area contributed by atoms with Gasteiger partial charge in [0.2, 0.25) is 0 Å². The van der Waals surface area contributed by atoms with E-state index < -0.39 is 5.60 Å². The molecule has 1 rings (SSSR count). The van der Waals surface area contributed by atoms with Gasteiger partial charge in [-0.05, 0) is 39.5 Å². The quantitative estimate of drug-likeness (QED) is 0.657. The molecule has 1 heterocycles. The van der Waals surface area contributed by atoms with Crippen LogP contribution in [0, 0.1) is 5.92 Å². The first-order chi connectivity index (χ1) is 6.92. The van der Waals surface area contributed by atoms with Crippen molar-refractivity contribution in [2.45, 2.75) is 39.2 Å². The average molecular weight is 211 g/mol. The first kappa shape index (κ1) is 12.1. The Morgan fingerprint density at radius 2 is 2.27 bits per heavy atom. The first-order valence-corrected chi connectivity index (χ1v) is 5.51. The fourth-order valence-corrected chi connectivity index (χ4v) is 1.75. The minimum atomic E-state index is -0.395. The lowest BCUT2D eigenvalue weighted by Crippen LogP contribution is -2.35. The summed E-state index contributed by atoms with van der Waals surface area (Å²) in [5.41, 5.74) is -0.395. The number of rotatable bonds is 2. The van der Waals surface area contributed by atoms with Gasteiger partial charge in [0.05, 0.1) is 0 Å². The standard InChI is InChI=1S/C12H21NO2/c1-5-6-10-7-8-13(9-10)11(14)15-12(2,3)4/h5,10H,1,6-9H2,2-4H3/t10-/m1/s1. The second-order valence-corrected chi connectivity index (χ2v) is 5.11. The highest BCUT2D eigenvalue weighted by Gasteiger charge is 2.28. The van der Waals surface area contributed by atoms with E-state index in [2.05, 4.69) is 6.58 Å². The molecule has 0 N–H and O–H groups in total. The van der Waals surface area contributed by atoms with Gasteiger partial charge in [0.15, 0.2) is 0 Å². The number of hydrogen-bond acceptors (Lipinski definition) is 2. The molecule has 0 bridgehead atoms. The van der Waals surface area contributed by atoms with Crippen LogP contribution < -0.4 is 0 Å².